The van der Waals surface area contributed by atoms with Crippen LogP contribution in [0.15, 0.2) is 59.8 Å². The minimum absolute atomic E-state index is 0.848. The second-order valence-corrected chi connectivity index (χ2v) is 4.15. The Labute approximate surface area is 93.2 Å². The maximum atomic E-state index is 9.48. The van der Waals surface area contributed by atoms with E-state index in [1.165, 1.54) is 5.56 Å². The third kappa shape index (κ3) is 2.73. The van der Waals surface area contributed by atoms with E-state index in [9.17, 15) is 5.21 Å². The number of benzene rings is 1. The molecule has 0 spiro atoms. The monoisotopic (exact) mass is 218 g/mol. The van der Waals surface area contributed by atoms with E-state index in [1.807, 2.05) is 30.3 Å². The van der Waals surface area contributed by atoms with E-state index < -0.39 is 0 Å². The van der Waals surface area contributed by atoms with Gasteiger partial charge < -0.3 is 0 Å². The maximum Gasteiger partial charge on any atom is 0.291 e. The van der Waals surface area contributed by atoms with Crippen LogP contribution in [0.1, 0.15) is 5.56 Å². The fourth-order valence-electron chi connectivity index (χ4n) is 1.26. The Balaban J connectivity index is 2.03. The summed E-state index contributed by atoms with van der Waals surface area (Å²) in [5, 5.41) is 10.3. The molecule has 0 atom stereocenters. The van der Waals surface area contributed by atoms with Crippen molar-refractivity contribution in [3.8, 4) is 0 Å². The molecule has 0 unspecified atom stereocenters. The SMILES string of the molecule is O[n+]1ccccc1SCc1ccccc1. The number of rotatable bonds is 3. The lowest BCUT2D eigenvalue weighted by molar-refractivity contribution is -0.932. The molecule has 2 nitrogen and oxygen atoms in total. The van der Waals surface area contributed by atoms with Crippen LogP contribution in [0.3, 0.4) is 0 Å². The molecular formula is C12H12NOS+. The molecule has 1 heterocycles. The van der Waals surface area contributed by atoms with Crippen molar-refractivity contribution >= 4 is 11.8 Å². The topological polar surface area (TPSA) is 24.1 Å². The van der Waals surface area contributed by atoms with Crippen molar-refractivity contribution in [2.75, 3.05) is 0 Å². The van der Waals surface area contributed by atoms with Gasteiger partial charge in [-0.3, -0.25) is 5.21 Å². The number of nitrogens with zero attached hydrogens (tertiary/aromatic N) is 1. The first-order valence-corrected chi connectivity index (χ1v) is 5.71. The molecule has 0 aliphatic carbocycles. The largest absolute Gasteiger partial charge is 0.291 e. The van der Waals surface area contributed by atoms with Crippen LogP contribution < -0.4 is 4.73 Å². The van der Waals surface area contributed by atoms with Crippen LogP contribution in [-0.2, 0) is 5.75 Å². The summed E-state index contributed by atoms with van der Waals surface area (Å²) in [6.07, 6.45) is 1.63. The molecule has 0 saturated heterocycles. The van der Waals surface area contributed by atoms with E-state index in [-0.39, 0.29) is 0 Å². The second-order valence-electron chi connectivity index (χ2n) is 3.16. The van der Waals surface area contributed by atoms with Gasteiger partial charge in [-0.15, -0.1) is 0 Å². The van der Waals surface area contributed by atoms with Gasteiger partial charge in [0.05, 0.1) is 0 Å². The summed E-state index contributed by atoms with van der Waals surface area (Å²) in [6.45, 7) is 0. The number of hydrogen-bond acceptors (Lipinski definition) is 2. The van der Waals surface area contributed by atoms with Crippen molar-refractivity contribution < 1.29 is 9.94 Å². The van der Waals surface area contributed by atoms with Crippen LogP contribution in [0.25, 0.3) is 0 Å². The lowest BCUT2D eigenvalue weighted by Gasteiger charge is -1.97. The summed E-state index contributed by atoms with van der Waals surface area (Å²) < 4.78 is 1.15. The first kappa shape index (κ1) is 10.1. The van der Waals surface area contributed by atoms with E-state index in [2.05, 4.69) is 12.1 Å². The van der Waals surface area contributed by atoms with Crippen LogP contribution in [0.4, 0.5) is 0 Å². The van der Waals surface area contributed by atoms with Gasteiger partial charge in [-0.05, 0) is 23.4 Å². The molecule has 0 amide bonds. The molecule has 1 aromatic heterocycles. The number of aromatic nitrogens is 1. The summed E-state index contributed by atoms with van der Waals surface area (Å²) in [7, 11) is 0. The average molecular weight is 218 g/mol. The van der Waals surface area contributed by atoms with Gasteiger partial charge >= 0.3 is 0 Å². The molecule has 1 N–H and O–H groups in total. The van der Waals surface area contributed by atoms with E-state index >= 15 is 0 Å². The smallest absolute Gasteiger partial charge is 0.284 e. The molecule has 2 rings (SSSR count). The number of thioether (sulfide) groups is 1. The van der Waals surface area contributed by atoms with Gasteiger partial charge in [0.2, 0.25) is 6.20 Å². The molecule has 0 radical (unpaired) electrons. The van der Waals surface area contributed by atoms with Crippen LogP contribution in [0.2, 0.25) is 0 Å². The van der Waals surface area contributed by atoms with Gasteiger partial charge in [-0.2, -0.15) is 0 Å². The Bertz CT molecular complexity index is 431. The summed E-state index contributed by atoms with van der Waals surface area (Å²) in [5.41, 5.74) is 1.26. The zero-order valence-corrected chi connectivity index (χ0v) is 9.02. The van der Waals surface area contributed by atoms with Gasteiger partial charge in [-0.25, -0.2) is 0 Å². The van der Waals surface area contributed by atoms with Gasteiger partial charge in [0, 0.05) is 22.6 Å². The van der Waals surface area contributed by atoms with Crippen LogP contribution in [0, 0.1) is 0 Å². The molecule has 2 aromatic rings. The van der Waals surface area contributed by atoms with Crippen LogP contribution in [0.5, 0.6) is 0 Å². The molecule has 0 bridgehead atoms. The highest BCUT2D eigenvalue weighted by molar-refractivity contribution is 7.98. The van der Waals surface area contributed by atoms with Crippen molar-refractivity contribution in [1.82, 2.24) is 0 Å². The highest BCUT2D eigenvalue weighted by Crippen LogP contribution is 2.18. The van der Waals surface area contributed by atoms with Gasteiger partial charge in [-0.1, -0.05) is 30.3 Å². The van der Waals surface area contributed by atoms with E-state index in [0.29, 0.717) is 0 Å². The third-order valence-corrected chi connectivity index (χ3v) is 3.13. The Morgan fingerprint density at radius 3 is 2.47 bits per heavy atom. The minimum Gasteiger partial charge on any atom is -0.284 e. The van der Waals surface area contributed by atoms with Gasteiger partial charge in [0.1, 0.15) is 0 Å². The molecule has 0 fully saturated rings. The number of pyridine rings is 1. The highest BCUT2D eigenvalue weighted by Gasteiger charge is 2.08. The summed E-state index contributed by atoms with van der Waals surface area (Å²) in [6, 6.07) is 15.8. The Kier molecular flexibility index (Phi) is 3.25. The molecule has 1 aromatic carbocycles. The number of hydrogen-bond donors (Lipinski definition) is 1. The lowest BCUT2D eigenvalue weighted by atomic mass is 10.2. The van der Waals surface area contributed by atoms with E-state index in [0.717, 1.165) is 15.5 Å². The van der Waals surface area contributed by atoms with Crippen molar-refractivity contribution in [1.29, 1.82) is 0 Å². The zero-order valence-electron chi connectivity index (χ0n) is 8.21. The molecule has 0 saturated carbocycles. The predicted octanol–water partition coefficient (Wildman–Crippen LogP) is 2.50. The van der Waals surface area contributed by atoms with Crippen molar-refractivity contribution in [2.24, 2.45) is 0 Å². The third-order valence-electron chi connectivity index (χ3n) is 2.03. The van der Waals surface area contributed by atoms with E-state index in [4.69, 9.17) is 0 Å². The zero-order chi connectivity index (χ0) is 10.5. The summed E-state index contributed by atoms with van der Waals surface area (Å²) in [4.78, 5) is 0. The van der Waals surface area contributed by atoms with Crippen LogP contribution in [-0.4, -0.2) is 5.21 Å². The van der Waals surface area contributed by atoms with Crippen molar-refractivity contribution in [2.45, 2.75) is 10.8 Å². The summed E-state index contributed by atoms with van der Waals surface area (Å²) >= 11 is 1.61. The van der Waals surface area contributed by atoms with Crippen molar-refractivity contribution in [3.63, 3.8) is 0 Å². The maximum absolute atomic E-state index is 9.48. The lowest BCUT2D eigenvalue weighted by Crippen LogP contribution is -2.31. The second kappa shape index (κ2) is 4.84. The Morgan fingerprint density at radius 1 is 1.00 bits per heavy atom. The van der Waals surface area contributed by atoms with Gasteiger partial charge in [0.15, 0.2) is 0 Å². The van der Waals surface area contributed by atoms with Crippen LogP contribution >= 0.6 is 11.8 Å². The molecular weight excluding hydrogens is 206 g/mol. The molecule has 0 aliphatic heterocycles. The molecule has 15 heavy (non-hydrogen) atoms. The molecule has 76 valence electrons. The predicted molar refractivity (Wildman–Crippen MR) is 59.8 cm³/mol. The Morgan fingerprint density at radius 2 is 1.73 bits per heavy atom. The quantitative estimate of drug-likeness (QED) is 0.486. The van der Waals surface area contributed by atoms with E-state index in [1.54, 1.807) is 24.0 Å². The summed E-state index contributed by atoms with van der Waals surface area (Å²) in [5.74, 6) is 0.866. The molecule has 0 aliphatic rings. The Hall–Kier alpha value is -1.48. The normalized spacial score (nSPS) is 10.1. The highest BCUT2D eigenvalue weighted by atomic mass is 32.2. The first-order chi connectivity index (χ1) is 7.36. The fraction of sp³-hybridized carbons (Fsp3) is 0.0833. The standard InChI is InChI=1S/C12H12NOS/c14-13-9-5-4-8-12(13)15-10-11-6-2-1-3-7-11/h1-9,14H,10H2/q+1. The van der Waals surface area contributed by atoms with Gasteiger partial charge in [0.25, 0.3) is 5.03 Å². The van der Waals surface area contributed by atoms with Crippen molar-refractivity contribution in [3.05, 3.63) is 60.3 Å². The molecule has 3 heteroatoms. The first-order valence-electron chi connectivity index (χ1n) is 4.73. The minimum atomic E-state index is 0.848. The fourth-order valence-corrected chi connectivity index (χ4v) is 2.14. The average Bonchev–Trinajstić information content (AvgIpc) is 2.29.